The average molecular weight is 316 g/mol. The van der Waals surface area contributed by atoms with Gasteiger partial charge < -0.3 is 18.9 Å². The fraction of sp³-hybridized carbons (Fsp3) is 0.500. The van der Waals surface area contributed by atoms with Crippen LogP contribution in [0.1, 0.15) is 12.8 Å². The van der Waals surface area contributed by atoms with Crippen molar-refractivity contribution in [1.82, 2.24) is 9.47 Å². The first-order valence-corrected chi connectivity index (χ1v) is 8.08. The Labute approximate surface area is 136 Å². The molecule has 5 nitrogen and oxygen atoms in total. The average Bonchev–Trinajstić information content (AvgIpc) is 3.17. The molecule has 0 aliphatic carbocycles. The number of hydrogen-bond donors (Lipinski definition) is 0. The second-order valence-electron chi connectivity index (χ2n) is 6.07. The molecule has 5 heteroatoms. The van der Waals surface area contributed by atoms with E-state index in [1.54, 1.807) is 14.2 Å². The predicted octanol–water partition coefficient (Wildman–Crippen LogP) is 2.29. The first kappa shape index (κ1) is 16.0. The van der Waals surface area contributed by atoms with Gasteiger partial charge in [0, 0.05) is 45.4 Å². The highest BCUT2D eigenvalue weighted by atomic mass is 16.5. The van der Waals surface area contributed by atoms with Gasteiger partial charge in [0.05, 0.1) is 18.8 Å². The number of likely N-dealkylation sites (tertiary alicyclic amines) is 1. The highest BCUT2D eigenvalue weighted by molar-refractivity contribution is 5.80. The lowest BCUT2D eigenvalue weighted by Crippen LogP contribution is -2.38. The lowest BCUT2D eigenvalue weighted by Gasteiger charge is -2.24. The van der Waals surface area contributed by atoms with Crippen LogP contribution in [0.2, 0.25) is 0 Å². The van der Waals surface area contributed by atoms with E-state index in [0.29, 0.717) is 26.1 Å². The number of fused-ring (bicyclic) bond motifs is 1. The number of nitrogens with zero attached hydrogens (tertiary/aromatic N) is 2. The summed E-state index contributed by atoms with van der Waals surface area (Å²) >= 11 is 0. The molecule has 0 N–H and O–H groups in total. The number of para-hydroxylation sites is 1. The zero-order valence-corrected chi connectivity index (χ0v) is 13.8. The Morgan fingerprint density at radius 2 is 2.09 bits per heavy atom. The third-order valence-electron chi connectivity index (χ3n) is 4.64. The lowest BCUT2D eigenvalue weighted by atomic mass is 10.2. The van der Waals surface area contributed by atoms with Crippen LogP contribution in [0.15, 0.2) is 36.5 Å². The minimum absolute atomic E-state index is 0.117. The lowest BCUT2D eigenvalue weighted by molar-refractivity contribution is -0.133. The number of amides is 1. The summed E-state index contributed by atoms with van der Waals surface area (Å²) in [5.41, 5.74) is 1.17. The molecule has 1 amide bonds. The number of rotatable bonds is 6. The normalized spacial score (nSPS) is 21.2. The number of benzene rings is 1. The number of hydrogen-bond acceptors (Lipinski definition) is 3. The molecule has 3 rings (SSSR count). The largest absolute Gasteiger partial charge is 0.383 e. The molecular weight excluding hydrogens is 292 g/mol. The van der Waals surface area contributed by atoms with Gasteiger partial charge in [-0.3, -0.25) is 4.79 Å². The number of methoxy groups -OCH3 is 2. The molecule has 1 aromatic carbocycles. The van der Waals surface area contributed by atoms with Crippen molar-refractivity contribution in [2.75, 3.05) is 27.4 Å². The molecule has 0 radical (unpaired) electrons. The van der Waals surface area contributed by atoms with Gasteiger partial charge in [-0.1, -0.05) is 18.2 Å². The van der Waals surface area contributed by atoms with Crippen molar-refractivity contribution in [2.24, 2.45) is 0 Å². The van der Waals surface area contributed by atoms with Crippen LogP contribution < -0.4 is 0 Å². The second-order valence-corrected chi connectivity index (χ2v) is 6.07. The minimum atomic E-state index is 0.117. The van der Waals surface area contributed by atoms with Crippen molar-refractivity contribution in [2.45, 2.75) is 31.5 Å². The van der Waals surface area contributed by atoms with Crippen LogP contribution >= 0.6 is 0 Å². The van der Waals surface area contributed by atoms with E-state index in [-0.39, 0.29) is 18.1 Å². The number of aryl methyl sites for hydroxylation is 1. The highest BCUT2D eigenvalue weighted by Gasteiger charge is 2.34. The van der Waals surface area contributed by atoms with Crippen LogP contribution in [0.4, 0.5) is 0 Å². The van der Waals surface area contributed by atoms with E-state index in [4.69, 9.17) is 9.47 Å². The van der Waals surface area contributed by atoms with E-state index < -0.39 is 0 Å². The number of ether oxygens (including phenoxy) is 2. The third-order valence-corrected chi connectivity index (χ3v) is 4.64. The molecule has 0 saturated carbocycles. The Morgan fingerprint density at radius 3 is 2.87 bits per heavy atom. The Hall–Kier alpha value is -1.85. The highest BCUT2D eigenvalue weighted by Crippen LogP contribution is 2.22. The van der Waals surface area contributed by atoms with Crippen LogP contribution in [0.3, 0.4) is 0 Å². The second kappa shape index (κ2) is 7.15. The summed E-state index contributed by atoms with van der Waals surface area (Å²) in [4.78, 5) is 14.5. The molecule has 1 fully saturated rings. The predicted molar refractivity (Wildman–Crippen MR) is 89.3 cm³/mol. The number of carbonyl (C=O) groups excluding carboxylic acids is 1. The Morgan fingerprint density at radius 1 is 1.26 bits per heavy atom. The van der Waals surface area contributed by atoms with Crippen LogP contribution in [0, 0.1) is 0 Å². The molecule has 124 valence electrons. The smallest absolute Gasteiger partial charge is 0.224 e. The number of aromatic nitrogens is 1. The molecule has 2 atom stereocenters. The summed E-state index contributed by atoms with van der Waals surface area (Å²) in [6, 6.07) is 10.4. The molecular formula is C18H24N2O3. The summed E-state index contributed by atoms with van der Waals surface area (Å²) in [6.45, 7) is 1.92. The van der Waals surface area contributed by atoms with Gasteiger partial charge in [-0.05, 0) is 23.9 Å². The topological polar surface area (TPSA) is 43.7 Å². The molecule has 1 aliphatic heterocycles. The van der Waals surface area contributed by atoms with Crippen molar-refractivity contribution >= 4 is 16.8 Å². The monoisotopic (exact) mass is 316 g/mol. The van der Waals surface area contributed by atoms with Crippen LogP contribution in [0.25, 0.3) is 10.9 Å². The summed E-state index contributed by atoms with van der Waals surface area (Å²) in [6.07, 6.45) is 3.51. The maximum atomic E-state index is 12.6. The van der Waals surface area contributed by atoms with Gasteiger partial charge in [-0.15, -0.1) is 0 Å². The van der Waals surface area contributed by atoms with Crippen molar-refractivity contribution in [3.8, 4) is 0 Å². The van der Waals surface area contributed by atoms with Gasteiger partial charge >= 0.3 is 0 Å². The molecule has 1 aromatic heterocycles. The van der Waals surface area contributed by atoms with Gasteiger partial charge in [-0.2, -0.15) is 0 Å². The summed E-state index contributed by atoms with van der Waals surface area (Å²) in [5.74, 6) is 0.171. The molecule has 2 heterocycles. The molecule has 0 unspecified atom stereocenters. The summed E-state index contributed by atoms with van der Waals surface area (Å²) in [5, 5.41) is 1.21. The molecule has 23 heavy (non-hydrogen) atoms. The van der Waals surface area contributed by atoms with Crippen LogP contribution in [0.5, 0.6) is 0 Å². The molecule has 1 saturated heterocycles. The number of carbonyl (C=O) groups is 1. The SMILES string of the molecule is COC[C@@H]1C[C@H](OC)CN1C(=O)CCn1ccc2ccccc21. The van der Waals surface area contributed by atoms with E-state index in [9.17, 15) is 4.79 Å². The van der Waals surface area contributed by atoms with Crippen molar-refractivity contribution < 1.29 is 14.3 Å². The maximum Gasteiger partial charge on any atom is 0.224 e. The van der Waals surface area contributed by atoms with Crippen molar-refractivity contribution in [3.05, 3.63) is 36.5 Å². The Balaban J connectivity index is 1.64. The van der Waals surface area contributed by atoms with E-state index in [2.05, 4.69) is 22.8 Å². The minimum Gasteiger partial charge on any atom is -0.383 e. The van der Waals surface area contributed by atoms with Gasteiger partial charge in [0.2, 0.25) is 5.91 Å². The Bertz CT molecular complexity index is 667. The van der Waals surface area contributed by atoms with Gasteiger partial charge in [0.25, 0.3) is 0 Å². The van der Waals surface area contributed by atoms with Gasteiger partial charge in [0.15, 0.2) is 0 Å². The summed E-state index contributed by atoms with van der Waals surface area (Å²) in [7, 11) is 3.38. The fourth-order valence-corrected chi connectivity index (χ4v) is 3.40. The fourth-order valence-electron chi connectivity index (χ4n) is 3.40. The van der Waals surface area contributed by atoms with Gasteiger partial charge in [0.1, 0.15) is 0 Å². The van der Waals surface area contributed by atoms with E-state index >= 15 is 0 Å². The maximum absolute atomic E-state index is 12.6. The van der Waals surface area contributed by atoms with E-state index in [1.807, 2.05) is 23.2 Å². The zero-order chi connectivity index (χ0) is 16.2. The first-order chi connectivity index (χ1) is 11.2. The Kier molecular flexibility index (Phi) is 4.98. The molecule has 0 spiro atoms. The zero-order valence-electron chi connectivity index (χ0n) is 13.8. The standard InChI is InChI=1S/C18H24N2O3/c1-22-13-15-11-16(23-2)12-20(15)18(21)8-10-19-9-7-14-5-3-4-6-17(14)19/h3-7,9,15-16H,8,10-13H2,1-2H3/t15-,16-/m0/s1. The van der Waals surface area contributed by atoms with Crippen LogP contribution in [-0.4, -0.2) is 54.9 Å². The first-order valence-electron chi connectivity index (χ1n) is 8.08. The summed E-state index contributed by atoms with van der Waals surface area (Å²) < 4.78 is 12.8. The third kappa shape index (κ3) is 3.41. The van der Waals surface area contributed by atoms with Crippen molar-refractivity contribution in [3.63, 3.8) is 0 Å². The van der Waals surface area contributed by atoms with Crippen molar-refractivity contribution in [1.29, 1.82) is 0 Å². The van der Waals surface area contributed by atoms with Crippen LogP contribution in [-0.2, 0) is 20.8 Å². The molecule has 2 aromatic rings. The molecule has 1 aliphatic rings. The van der Waals surface area contributed by atoms with Gasteiger partial charge in [-0.25, -0.2) is 0 Å². The van der Waals surface area contributed by atoms with E-state index in [1.165, 1.54) is 10.9 Å². The quantitative estimate of drug-likeness (QED) is 0.821. The molecule has 0 bridgehead atoms. The van der Waals surface area contributed by atoms with E-state index in [0.717, 1.165) is 6.42 Å².